The largest absolute Gasteiger partial charge is 0.494 e. The highest BCUT2D eigenvalue weighted by atomic mass is 19.1. The van der Waals surface area contributed by atoms with E-state index >= 15 is 0 Å². The van der Waals surface area contributed by atoms with Gasteiger partial charge in [0.15, 0.2) is 11.6 Å². The number of carbonyl (C=O) groups excluding carboxylic acids is 1. The molecule has 2 atom stereocenters. The van der Waals surface area contributed by atoms with Crippen molar-refractivity contribution >= 4 is 18.2 Å². The average Bonchev–Trinajstić information content (AvgIpc) is 2.96. The van der Waals surface area contributed by atoms with E-state index in [-0.39, 0.29) is 5.75 Å². The lowest BCUT2D eigenvalue weighted by Crippen LogP contribution is -2.18. The van der Waals surface area contributed by atoms with Crippen LogP contribution in [-0.4, -0.2) is 37.6 Å². The van der Waals surface area contributed by atoms with Crippen LogP contribution in [-0.2, 0) is 4.79 Å². The first kappa shape index (κ1) is 19.6. The number of rotatable bonds is 7. The van der Waals surface area contributed by atoms with Gasteiger partial charge in [0, 0.05) is 36.6 Å². The number of nitrogens with zero attached hydrogens (tertiary/aromatic N) is 2. The van der Waals surface area contributed by atoms with Crippen molar-refractivity contribution in [1.29, 1.82) is 0 Å². The van der Waals surface area contributed by atoms with Gasteiger partial charge in [-0.1, -0.05) is 20.4 Å². The van der Waals surface area contributed by atoms with Crippen molar-refractivity contribution in [3.05, 3.63) is 60.1 Å². The van der Waals surface area contributed by atoms with Crippen LogP contribution in [0.5, 0.6) is 5.75 Å². The third-order valence-corrected chi connectivity index (χ3v) is 4.66. The molecular formula is C21H25FN2O2. The third-order valence-electron chi connectivity index (χ3n) is 4.66. The highest BCUT2D eigenvalue weighted by molar-refractivity contribution is 5.86. The molecule has 0 aromatic heterocycles. The first-order valence-electron chi connectivity index (χ1n) is 8.60. The summed E-state index contributed by atoms with van der Waals surface area (Å²) < 4.78 is 18.8. The molecule has 1 heterocycles. The fourth-order valence-electron chi connectivity index (χ4n) is 2.85. The van der Waals surface area contributed by atoms with Gasteiger partial charge in [-0.2, -0.15) is 0 Å². The van der Waals surface area contributed by atoms with Crippen molar-refractivity contribution in [3.63, 3.8) is 0 Å². The minimum absolute atomic E-state index is 0.147. The molecule has 2 rings (SSSR count). The molecule has 0 N–H and O–H groups in total. The Hall–Kier alpha value is -2.69. The van der Waals surface area contributed by atoms with Crippen molar-refractivity contribution < 1.29 is 13.9 Å². The van der Waals surface area contributed by atoms with Crippen LogP contribution in [0.15, 0.2) is 53.7 Å². The quantitative estimate of drug-likeness (QED) is 0.320. The lowest BCUT2D eigenvalue weighted by Gasteiger charge is -2.17. The maximum absolute atomic E-state index is 13.9. The van der Waals surface area contributed by atoms with E-state index in [2.05, 4.69) is 30.3 Å². The molecule has 138 valence electrons. The lowest BCUT2D eigenvalue weighted by atomic mass is 10.0. The summed E-state index contributed by atoms with van der Waals surface area (Å²) in [5, 5.41) is 0. The SMILES string of the molecule is C=C(\C=C/C=N/C(=C\C=O)c1ccc(OC)c(F)c1)N1C[C@@H](C)[C@@H](C)C1. The summed E-state index contributed by atoms with van der Waals surface area (Å²) in [7, 11) is 1.40. The number of hydrogen-bond donors (Lipinski definition) is 0. The summed E-state index contributed by atoms with van der Waals surface area (Å²) in [6.07, 6.45) is 7.16. The number of methoxy groups -OCH3 is 1. The Morgan fingerprint density at radius 1 is 1.35 bits per heavy atom. The lowest BCUT2D eigenvalue weighted by molar-refractivity contribution is -0.104. The second-order valence-electron chi connectivity index (χ2n) is 6.53. The van der Waals surface area contributed by atoms with Gasteiger partial charge in [-0.05, 0) is 42.2 Å². The van der Waals surface area contributed by atoms with Crippen LogP contribution in [0.2, 0.25) is 0 Å². The summed E-state index contributed by atoms with van der Waals surface area (Å²) in [5.74, 6) is 0.952. The molecule has 0 bridgehead atoms. The Labute approximate surface area is 154 Å². The zero-order valence-electron chi connectivity index (χ0n) is 15.5. The zero-order valence-corrected chi connectivity index (χ0v) is 15.5. The Balaban J connectivity index is 2.06. The zero-order chi connectivity index (χ0) is 19.1. The molecule has 1 fully saturated rings. The number of aliphatic imine (C=N–C) groups is 1. The van der Waals surface area contributed by atoms with Crippen LogP contribution < -0.4 is 4.74 Å². The van der Waals surface area contributed by atoms with E-state index < -0.39 is 5.82 Å². The molecule has 0 saturated carbocycles. The third kappa shape index (κ3) is 4.91. The highest BCUT2D eigenvalue weighted by Gasteiger charge is 2.25. The van der Waals surface area contributed by atoms with Crippen LogP contribution >= 0.6 is 0 Å². The van der Waals surface area contributed by atoms with Crippen molar-refractivity contribution in [2.75, 3.05) is 20.2 Å². The van der Waals surface area contributed by atoms with E-state index in [0.717, 1.165) is 18.8 Å². The molecular weight excluding hydrogens is 331 g/mol. The van der Waals surface area contributed by atoms with Crippen molar-refractivity contribution in [3.8, 4) is 5.75 Å². The van der Waals surface area contributed by atoms with Crippen LogP contribution in [0, 0.1) is 17.7 Å². The maximum Gasteiger partial charge on any atom is 0.165 e. The molecule has 1 aliphatic rings. The van der Waals surface area contributed by atoms with Gasteiger partial charge in [0.25, 0.3) is 0 Å². The Kier molecular flexibility index (Phi) is 6.89. The second kappa shape index (κ2) is 9.13. The van der Waals surface area contributed by atoms with E-state index in [9.17, 15) is 9.18 Å². The molecule has 4 nitrogen and oxygen atoms in total. The molecule has 1 aromatic carbocycles. The van der Waals surface area contributed by atoms with Gasteiger partial charge >= 0.3 is 0 Å². The summed E-state index contributed by atoms with van der Waals surface area (Å²) in [6.45, 7) is 10.6. The molecule has 1 aliphatic heterocycles. The Bertz CT molecular complexity index is 742. The van der Waals surface area contributed by atoms with Gasteiger partial charge in [0.2, 0.25) is 0 Å². The van der Waals surface area contributed by atoms with Gasteiger partial charge in [-0.25, -0.2) is 4.39 Å². The fourth-order valence-corrected chi connectivity index (χ4v) is 2.85. The number of carbonyl (C=O) groups is 1. The normalized spacial score (nSPS) is 20.9. The van der Waals surface area contributed by atoms with E-state index in [1.165, 1.54) is 25.3 Å². The molecule has 0 aliphatic carbocycles. The van der Waals surface area contributed by atoms with Crippen LogP contribution in [0.3, 0.4) is 0 Å². The fraction of sp³-hybridized carbons (Fsp3) is 0.333. The summed E-state index contributed by atoms with van der Waals surface area (Å²) in [6, 6.07) is 4.46. The molecule has 0 spiro atoms. The van der Waals surface area contributed by atoms with Crippen molar-refractivity contribution in [2.24, 2.45) is 16.8 Å². The van der Waals surface area contributed by atoms with E-state index in [1.807, 2.05) is 6.08 Å². The average molecular weight is 356 g/mol. The predicted molar refractivity (Wildman–Crippen MR) is 104 cm³/mol. The number of benzene rings is 1. The van der Waals surface area contributed by atoms with Crippen LogP contribution in [0.4, 0.5) is 4.39 Å². The number of aldehydes is 1. The number of hydrogen-bond acceptors (Lipinski definition) is 4. The van der Waals surface area contributed by atoms with Gasteiger partial charge < -0.3 is 9.64 Å². The highest BCUT2D eigenvalue weighted by Crippen LogP contribution is 2.25. The Morgan fingerprint density at radius 2 is 2.04 bits per heavy atom. The first-order chi connectivity index (χ1) is 12.5. The summed E-state index contributed by atoms with van der Waals surface area (Å²) in [4.78, 5) is 17.4. The van der Waals surface area contributed by atoms with Gasteiger partial charge in [-0.15, -0.1) is 0 Å². The van der Waals surface area contributed by atoms with Crippen LogP contribution in [0.25, 0.3) is 5.70 Å². The van der Waals surface area contributed by atoms with Gasteiger partial charge in [0.1, 0.15) is 6.29 Å². The summed E-state index contributed by atoms with van der Waals surface area (Å²) in [5.41, 5.74) is 1.81. The Morgan fingerprint density at radius 3 is 2.62 bits per heavy atom. The molecule has 0 unspecified atom stereocenters. The monoisotopic (exact) mass is 356 g/mol. The van der Waals surface area contributed by atoms with E-state index in [4.69, 9.17) is 4.74 Å². The minimum atomic E-state index is -0.502. The van der Waals surface area contributed by atoms with Crippen molar-refractivity contribution in [2.45, 2.75) is 13.8 Å². The first-order valence-corrected chi connectivity index (χ1v) is 8.60. The standard InChI is InChI=1S/C21H25FN2O2/c1-15-13-24(14-16(15)2)17(3)6-5-10-23-20(9-11-25)18-7-8-21(26-4)19(22)12-18/h5-12,15-16H,3,13-14H2,1-2,4H3/b6-5-,20-9-,23-10+/t15-,16+. The number of halogens is 1. The molecule has 1 aromatic rings. The minimum Gasteiger partial charge on any atom is -0.494 e. The predicted octanol–water partition coefficient (Wildman–Crippen LogP) is 4.10. The molecule has 0 radical (unpaired) electrons. The summed E-state index contributed by atoms with van der Waals surface area (Å²) >= 11 is 0. The van der Waals surface area contributed by atoms with Gasteiger partial charge in [-0.3, -0.25) is 9.79 Å². The smallest absolute Gasteiger partial charge is 0.165 e. The topological polar surface area (TPSA) is 41.9 Å². The molecule has 5 heteroatoms. The van der Waals surface area contributed by atoms with E-state index in [0.29, 0.717) is 29.4 Å². The van der Waals surface area contributed by atoms with Crippen molar-refractivity contribution in [1.82, 2.24) is 4.90 Å². The molecule has 1 saturated heterocycles. The molecule has 0 amide bonds. The number of likely N-dealkylation sites (tertiary alicyclic amines) is 1. The van der Waals surface area contributed by atoms with E-state index in [1.54, 1.807) is 18.4 Å². The number of ether oxygens (including phenoxy) is 1. The second-order valence-corrected chi connectivity index (χ2v) is 6.53. The maximum atomic E-state index is 13.9. The molecule has 26 heavy (non-hydrogen) atoms. The van der Waals surface area contributed by atoms with Gasteiger partial charge in [0.05, 0.1) is 12.8 Å². The number of allylic oxidation sites excluding steroid dienone is 3. The van der Waals surface area contributed by atoms with Crippen LogP contribution in [0.1, 0.15) is 19.4 Å².